The number of hydrogen-bond acceptors (Lipinski definition) is 6. The lowest BCUT2D eigenvalue weighted by atomic mass is 10.00. The summed E-state index contributed by atoms with van der Waals surface area (Å²) >= 11 is 0. The van der Waals surface area contributed by atoms with E-state index in [-0.39, 0.29) is 5.82 Å². The first-order valence-corrected chi connectivity index (χ1v) is 8.65. The quantitative estimate of drug-likeness (QED) is 0.788. The molecule has 1 fully saturated rings. The minimum Gasteiger partial charge on any atom is -0.423 e. The van der Waals surface area contributed by atoms with E-state index < -0.39 is 0 Å². The van der Waals surface area contributed by atoms with Crippen LogP contribution in [0, 0.1) is 11.7 Å². The second-order valence-corrected chi connectivity index (χ2v) is 6.81. The van der Waals surface area contributed by atoms with E-state index in [4.69, 9.17) is 4.42 Å². The summed E-state index contributed by atoms with van der Waals surface area (Å²) in [5.74, 6) is 1.16. The number of anilines is 2. The minimum absolute atomic E-state index is 0.319. The number of rotatable bonds is 4. The maximum atomic E-state index is 13.2. The fraction of sp³-hybridized carbons (Fsp3) is 0.389. The first-order valence-electron chi connectivity index (χ1n) is 8.65. The van der Waals surface area contributed by atoms with E-state index in [9.17, 15) is 4.39 Å². The fourth-order valence-electron chi connectivity index (χ4n) is 3.56. The van der Waals surface area contributed by atoms with Crippen LogP contribution in [0.1, 0.15) is 17.7 Å². The molecular formula is C18H18FN5O. The van der Waals surface area contributed by atoms with Crippen LogP contribution in [0.15, 0.2) is 28.7 Å². The lowest BCUT2D eigenvalue weighted by Gasteiger charge is -2.39. The molecule has 0 atom stereocenters. The van der Waals surface area contributed by atoms with Gasteiger partial charge in [0, 0.05) is 31.6 Å². The summed E-state index contributed by atoms with van der Waals surface area (Å²) in [6.07, 6.45) is 3.37. The molecule has 2 aliphatic rings. The Labute approximate surface area is 144 Å². The first-order chi connectivity index (χ1) is 12.2. The molecule has 6 nitrogen and oxygen atoms in total. The summed E-state index contributed by atoms with van der Waals surface area (Å²) in [7, 11) is 0. The molecular weight excluding hydrogens is 321 g/mol. The summed E-state index contributed by atoms with van der Waals surface area (Å²) in [5, 5.41) is 11.9. The maximum Gasteiger partial charge on any atom is 0.295 e. The van der Waals surface area contributed by atoms with Gasteiger partial charge in [0.15, 0.2) is 11.4 Å². The number of oxazole rings is 1. The number of fused-ring (bicyclic) bond motifs is 2. The van der Waals surface area contributed by atoms with Crippen molar-refractivity contribution in [3.63, 3.8) is 0 Å². The van der Waals surface area contributed by atoms with Crippen molar-refractivity contribution in [2.45, 2.75) is 19.3 Å². The number of halogens is 1. The Morgan fingerprint density at radius 3 is 3.04 bits per heavy atom. The van der Waals surface area contributed by atoms with Gasteiger partial charge in [-0.1, -0.05) is 0 Å². The van der Waals surface area contributed by atoms with Crippen LogP contribution < -0.4 is 10.2 Å². The molecule has 0 saturated carbocycles. The Morgan fingerprint density at radius 1 is 1.20 bits per heavy atom. The van der Waals surface area contributed by atoms with Crippen molar-refractivity contribution >= 4 is 22.9 Å². The highest BCUT2D eigenvalue weighted by molar-refractivity contribution is 5.74. The van der Waals surface area contributed by atoms with Crippen molar-refractivity contribution in [2.75, 3.05) is 29.9 Å². The molecule has 1 saturated heterocycles. The van der Waals surface area contributed by atoms with E-state index in [1.165, 1.54) is 24.1 Å². The van der Waals surface area contributed by atoms with Crippen LogP contribution in [0.3, 0.4) is 0 Å². The molecule has 1 N–H and O–H groups in total. The molecule has 0 spiro atoms. The van der Waals surface area contributed by atoms with Gasteiger partial charge in [-0.15, -0.1) is 5.10 Å². The lowest BCUT2D eigenvalue weighted by Crippen LogP contribution is -2.50. The van der Waals surface area contributed by atoms with E-state index in [2.05, 4.69) is 31.5 Å². The molecule has 0 bridgehead atoms. The molecule has 3 aromatic rings. The lowest BCUT2D eigenvalue weighted by molar-refractivity contribution is 0.421. The Bertz CT molecular complexity index is 934. The van der Waals surface area contributed by atoms with Gasteiger partial charge < -0.3 is 14.6 Å². The second-order valence-electron chi connectivity index (χ2n) is 6.81. The van der Waals surface area contributed by atoms with Crippen LogP contribution in [0.5, 0.6) is 0 Å². The maximum absolute atomic E-state index is 13.2. The van der Waals surface area contributed by atoms with E-state index in [0.29, 0.717) is 23.0 Å². The SMILES string of the molecule is Fc1ccc2nc(NCC3CN(c4cc5c(nn4)CCC5)C3)oc2c1. The first kappa shape index (κ1) is 14.6. The molecule has 25 heavy (non-hydrogen) atoms. The van der Waals surface area contributed by atoms with E-state index in [0.717, 1.165) is 44.0 Å². The third-order valence-electron chi connectivity index (χ3n) is 4.98. The van der Waals surface area contributed by atoms with Crippen molar-refractivity contribution in [3.8, 4) is 0 Å². The number of benzene rings is 1. The predicted octanol–water partition coefficient (Wildman–Crippen LogP) is 2.79. The van der Waals surface area contributed by atoms with Gasteiger partial charge >= 0.3 is 0 Å². The highest BCUT2D eigenvalue weighted by atomic mass is 19.1. The van der Waals surface area contributed by atoms with Gasteiger partial charge in [0.25, 0.3) is 6.01 Å². The highest BCUT2D eigenvalue weighted by Gasteiger charge is 2.29. The van der Waals surface area contributed by atoms with Crippen molar-refractivity contribution in [2.24, 2.45) is 5.92 Å². The molecule has 1 aromatic carbocycles. The summed E-state index contributed by atoms with van der Waals surface area (Å²) in [6, 6.07) is 6.99. The number of aromatic nitrogens is 3. The third kappa shape index (κ3) is 2.69. The minimum atomic E-state index is -0.319. The average molecular weight is 339 g/mol. The molecule has 128 valence electrons. The van der Waals surface area contributed by atoms with Crippen molar-refractivity contribution in [3.05, 3.63) is 41.3 Å². The standard InChI is InChI=1S/C18H18FN5O/c19-13-4-5-15-16(7-13)25-18(21-15)20-8-11-9-24(10-11)17-6-12-2-1-3-14(12)22-23-17/h4-7,11H,1-3,8-10H2,(H,20,21). The second kappa shape index (κ2) is 5.68. The summed E-state index contributed by atoms with van der Waals surface area (Å²) in [4.78, 5) is 6.57. The molecule has 3 heterocycles. The molecule has 5 rings (SSSR count). The van der Waals surface area contributed by atoms with Crippen LogP contribution in [0.25, 0.3) is 11.1 Å². The molecule has 0 amide bonds. The predicted molar refractivity (Wildman–Crippen MR) is 92.2 cm³/mol. The van der Waals surface area contributed by atoms with Gasteiger partial charge in [0.1, 0.15) is 11.3 Å². The number of nitrogens with one attached hydrogen (secondary N) is 1. The summed E-state index contributed by atoms with van der Waals surface area (Å²) in [5.41, 5.74) is 3.64. The molecule has 0 radical (unpaired) electrons. The molecule has 0 unspecified atom stereocenters. The van der Waals surface area contributed by atoms with Gasteiger partial charge in [0.05, 0.1) is 5.69 Å². The highest BCUT2D eigenvalue weighted by Crippen LogP contribution is 2.27. The number of hydrogen-bond donors (Lipinski definition) is 1. The van der Waals surface area contributed by atoms with Gasteiger partial charge in [-0.05, 0) is 43.0 Å². The normalized spacial score (nSPS) is 16.9. The van der Waals surface area contributed by atoms with Crippen LogP contribution in [0.4, 0.5) is 16.2 Å². The van der Waals surface area contributed by atoms with Crippen molar-refractivity contribution in [1.29, 1.82) is 0 Å². The van der Waals surface area contributed by atoms with E-state index in [1.807, 2.05) is 0 Å². The van der Waals surface area contributed by atoms with E-state index >= 15 is 0 Å². The zero-order valence-corrected chi connectivity index (χ0v) is 13.7. The van der Waals surface area contributed by atoms with Crippen LogP contribution in [-0.2, 0) is 12.8 Å². The fourth-order valence-corrected chi connectivity index (χ4v) is 3.56. The topological polar surface area (TPSA) is 67.1 Å². The molecule has 1 aliphatic heterocycles. The van der Waals surface area contributed by atoms with Gasteiger partial charge in [0.2, 0.25) is 0 Å². The molecule has 7 heteroatoms. The van der Waals surface area contributed by atoms with Crippen molar-refractivity contribution < 1.29 is 8.81 Å². The Balaban J connectivity index is 1.18. The number of aryl methyl sites for hydroxylation is 2. The molecule has 2 aromatic heterocycles. The van der Waals surface area contributed by atoms with Gasteiger partial charge in [-0.3, -0.25) is 0 Å². The van der Waals surface area contributed by atoms with Gasteiger partial charge in [-0.25, -0.2) is 4.39 Å². The number of nitrogens with zero attached hydrogens (tertiary/aromatic N) is 4. The third-order valence-corrected chi connectivity index (χ3v) is 4.98. The zero-order valence-electron chi connectivity index (χ0n) is 13.7. The Morgan fingerprint density at radius 2 is 2.12 bits per heavy atom. The monoisotopic (exact) mass is 339 g/mol. The van der Waals surface area contributed by atoms with Crippen LogP contribution >= 0.6 is 0 Å². The van der Waals surface area contributed by atoms with Gasteiger partial charge in [-0.2, -0.15) is 10.1 Å². The van der Waals surface area contributed by atoms with Crippen LogP contribution in [0.2, 0.25) is 0 Å². The Hall–Kier alpha value is -2.70. The van der Waals surface area contributed by atoms with Crippen molar-refractivity contribution in [1.82, 2.24) is 15.2 Å². The van der Waals surface area contributed by atoms with Crippen LogP contribution in [-0.4, -0.2) is 34.8 Å². The molecule has 1 aliphatic carbocycles. The van der Waals surface area contributed by atoms with E-state index in [1.54, 1.807) is 6.07 Å². The largest absolute Gasteiger partial charge is 0.423 e. The summed E-state index contributed by atoms with van der Waals surface area (Å²) in [6.45, 7) is 2.65. The summed E-state index contributed by atoms with van der Waals surface area (Å²) < 4.78 is 18.7. The smallest absolute Gasteiger partial charge is 0.295 e. The zero-order chi connectivity index (χ0) is 16.8. The Kier molecular flexibility index (Phi) is 3.33. The average Bonchev–Trinajstić information content (AvgIpc) is 3.18.